The maximum absolute atomic E-state index is 13.0. The number of halogens is 1. The Balaban J connectivity index is 0.000000424. The molecule has 0 heterocycles. The van der Waals surface area contributed by atoms with Gasteiger partial charge in [0.1, 0.15) is 5.82 Å². The molecule has 1 aromatic rings. The summed E-state index contributed by atoms with van der Waals surface area (Å²) < 4.78 is 13.0. The molecule has 0 unspecified atom stereocenters. The molecule has 0 bridgehead atoms. The van der Waals surface area contributed by atoms with E-state index in [9.17, 15) is 4.39 Å². The topological polar surface area (TPSA) is 0 Å². The summed E-state index contributed by atoms with van der Waals surface area (Å²) in [6, 6.07) is 3.74. The molecule has 0 aliphatic heterocycles. The lowest BCUT2D eigenvalue weighted by Crippen LogP contribution is -1.89. The maximum atomic E-state index is 13.0. The van der Waals surface area contributed by atoms with Crippen molar-refractivity contribution in [3.63, 3.8) is 0 Å². The van der Waals surface area contributed by atoms with Crippen molar-refractivity contribution in [2.24, 2.45) is 0 Å². The van der Waals surface area contributed by atoms with Crippen LogP contribution in [-0.2, 0) is 0 Å². The van der Waals surface area contributed by atoms with E-state index in [0.717, 1.165) is 16.7 Å². The third-order valence-corrected chi connectivity index (χ3v) is 1.85. The Morgan fingerprint density at radius 2 is 1.38 bits per heavy atom. The lowest BCUT2D eigenvalue weighted by molar-refractivity contribution is 0.607. The molecule has 0 aliphatic carbocycles. The smallest absolute Gasteiger partial charge is 0.129 e. The lowest BCUT2D eigenvalue weighted by Gasteiger charge is -2.02. The van der Waals surface area contributed by atoms with Crippen LogP contribution < -0.4 is 0 Å². The Labute approximate surface area is 80.8 Å². The van der Waals surface area contributed by atoms with Crippen molar-refractivity contribution in [2.45, 2.75) is 41.0 Å². The van der Waals surface area contributed by atoms with Crippen molar-refractivity contribution in [3.8, 4) is 0 Å². The second kappa shape index (κ2) is 5.74. The van der Waals surface area contributed by atoms with E-state index in [-0.39, 0.29) is 5.82 Å². The zero-order valence-electron chi connectivity index (χ0n) is 9.24. The molecule has 1 rings (SSSR count). The molecule has 0 saturated carbocycles. The summed E-state index contributed by atoms with van der Waals surface area (Å²) in [5, 5.41) is 0. The van der Waals surface area contributed by atoms with E-state index >= 15 is 0 Å². The van der Waals surface area contributed by atoms with Crippen molar-refractivity contribution >= 4 is 0 Å². The fraction of sp³-hybridized carbons (Fsp3) is 0.500. The lowest BCUT2D eigenvalue weighted by atomic mass is 10.1. The van der Waals surface area contributed by atoms with E-state index < -0.39 is 0 Å². The van der Waals surface area contributed by atoms with E-state index in [2.05, 4.69) is 13.8 Å². The van der Waals surface area contributed by atoms with Crippen molar-refractivity contribution in [1.29, 1.82) is 0 Å². The first-order chi connectivity index (χ1) is 6.04. The summed E-state index contributed by atoms with van der Waals surface area (Å²) in [5.74, 6) is -0.0694. The van der Waals surface area contributed by atoms with Crippen LogP contribution in [-0.4, -0.2) is 0 Å². The molecule has 0 atom stereocenters. The Kier molecular flexibility index (Phi) is 5.36. The van der Waals surface area contributed by atoms with Gasteiger partial charge in [0.25, 0.3) is 0 Å². The summed E-state index contributed by atoms with van der Waals surface area (Å²) >= 11 is 0. The predicted octanol–water partition coefficient (Wildman–Crippen LogP) is 4.17. The predicted molar refractivity (Wildman–Crippen MR) is 56.6 cm³/mol. The second-order valence-electron chi connectivity index (χ2n) is 3.35. The minimum atomic E-state index is -0.0694. The van der Waals surface area contributed by atoms with E-state index in [0.29, 0.717) is 0 Å². The molecule has 0 radical (unpaired) electrons. The summed E-state index contributed by atoms with van der Waals surface area (Å²) in [6.07, 6.45) is 1.25. The highest BCUT2D eigenvalue weighted by atomic mass is 19.1. The SMILES string of the molecule is CCC.Cc1ccc(C)c(F)c1C. The van der Waals surface area contributed by atoms with Crippen molar-refractivity contribution in [3.05, 3.63) is 34.6 Å². The van der Waals surface area contributed by atoms with Gasteiger partial charge in [0.05, 0.1) is 0 Å². The summed E-state index contributed by atoms with van der Waals surface area (Å²) in [7, 11) is 0. The zero-order valence-corrected chi connectivity index (χ0v) is 9.24. The first-order valence-electron chi connectivity index (χ1n) is 4.76. The van der Waals surface area contributed by atoms with E-state index in [1.54, 1.807) is 19.9 Å². The first-order valence-corrected chi connectivity index (χ1v) is 4.76. The number of benzene rings is 1. The average Bonchev–Trinajstić information content (AvgIpc) is 2.10. The van der Waals surface area contributed by atoms with Gasteiger partial charge in [-0.05, 0) is 37.5 Å². The van der Waals surface area contributed by atoms with Crippen LogP contribution in [0, 0.1) is 26.6 Å². The highest BCUT2D eigenvalue weighted by Gasteiger charge is 2.01. The van der Waals surface area contributed by atoms with Crippen LogP contribution >= 0.6 is 0 Å². The third-order valence-electron chi connectivity index (χ3n) is 1.85. The zero-order chi connectivity index (χ0) is 10.4. The van der Waals surface area contributed by atoms with Gasteiger partial charge in [-0.15, -0.1) is 0 Å². The minimum absolute atomic E-state index is 0.0694. The number of rotatable bonds is 0. The largest absolute Gasteiger partial charge is 0.206 e. The molecule has 74 valence electrons. The van der Waals surface area contributed by atoms with Crippen LogP contribution in [0.15, 0.2) is 12.1 Å². The van der Waals surface area contributed by atoms with Crippen molar-refractivity contribution in [1.82, 2.24) is 0 Å². The molecule has 0 saturated heterocycles. The highest BCUT2D eigenvalue weighted by Crippen LogP contribution is 2.14. The molecule has 13 heavy (non-hydrogen) atoms. The van der Waals surface area contributed by atoms with Gasteiger partial charge in [0.15, 0.2) is 0 Å². The molecule has 0 amide bonds. The van der Waals surface area contributed by atoms with Gasteiger partial charge in [-0.25, -0.2) is 4.39 Å². The number of aryl methyl sites for hydroxylation is 2. The van der Waals surface area contributed by atoms with E-state index in [1.165, 1.54) is 6.42 Å². The normalized spacial score (nSPS) is 9.08. The average molecular weight is 182 g/mol. The van der Waals surface area contributed by atoms with Gasteiger partial charge in [0.2, 0.25) is 0 Å². The summed E-state index contributed by atoms with van der Waals surface area (Å²) in [5.41, 5.74) is 2.51. The number of hydrogen-bond acceptors (Lipinski definition) is 0. The van der Waals surface area contributed by atoms with Crippen LogP contribution in [0.5, 0.6) is 0 Å². The van der Waals surface area contributed by atoms with Gasteiger partial charge in [-0.3, -0.25) is 0 Å². The molecule has 1 aromatic carbocycles. The molecular weight excluding hydrogens is 163 g/mol. The quantitative estimate of drug-likeness (QED) is 0.565. The molecule has 0 N–H and O–H groups in total. The van der Waals surface area contributed by atoms with Crippen LogP contribution in [0.2, 0.25) is 0 Å². The van der Waals surface area contributed by atoms with Crippen LogP contribution in [0.25, 0.3) is 0 Å². The third kappa shape index (κ3) is 3.58. The van der Waals surface area contributed by atoms with Gasteiger partial charge >= 0.3 is 0 Å². The summed E-state index contributed by atoms with van der Waals surface area (Å²) in [4.78, 5) is 0. The van der Waals surface area contributed by atoms with Gasteiger partial charge in [-0.1, -0.05) is 32.4 Å². The van der Waals surface area contributed by atoms with E-state index in [1.807, 2.05) is 13.0 Å². The Hall–Kier alpha value is -0.850. The Morgan fingerprint density at radius 1 is 1.00 bits per heavy atom. The molecule has 0 fully saturated rings. The Bertz CT molecular complexity index is 237. The molecular formula is C12H19F. The highest BCUT2D eigenvalue weighted by molar-refractivity contribution is 5.30. The fourth-order valence-electron chi connectivity index (χ4n) is 0.917. The standard InChI is InChI=1S/C9H11F.C3H8/c1-6-4-5-7(2)9(10)8(6)3;1-3-2/h4-5H,1-3H3;3H2,1-2H3. The fourth-order valence-corrected chi connectivity index (χ4v) is 0.917. The molecule has 0 nitrogen and oxygen atoms in total. The van der Waals surface area contributed by atoms with Crippen LogP contribution in [0.4, 0.5) is 4.39 Å². The maximum Gasteiger partial charge on any atom is 0.129 e. The van der Waals surface area contributed by atoms with Gasteiger partial charge in [-0.2, -0.15) is 0 Å². The molecule has 0 spiro atoms. The Morgan fingerprint density at radius 3 is 1.77 bits per heavy atom. The molecule has 0 aromatic heterocycles. The molecule has 0 aliphatic rings. The summed E-state index contributed by atoms with van der Waals surface area (Å²) in [6.45, 7) is 9.75. The first kappa shape index (κ1) is 12.2. The molecule has 1 heteroatoms. The van der Waals surface area contributed by atoms with Crippen molar-refractivity contribution < 1.29 is 4.39 Å². The van der Waals surface area contributed by atoms with Gasteiger partial charge < -0.3 is 0 Å². The second-order valence-corrected chi connectivity index (χ2v) is 3.35. The van der Waals surface area contributed by atoms with Gasteiger partial charge in [0, 0.05) is 0 Å². The van der Waals surface area contributed by atoms with Crippen LogP contribution in [0.1, 0.15) is 37.0 Å². The monoisotopic (exact) mass is 182 g/mol. The minimum Gasteiger partial charge on any atom is -0.206 e. The number of hydrogen-bond donors (Lipinski definition) is 0. The van der Waals surface area contributed by atoms with Crippen molar-refractivity contribution in [2.75, 3.05) is 0 Å². The van der Waals surface area contributed by atoms with Crippen LogP contribution in [0.3, 0.4) is 0 Å². The van der Waals surface area contributed by atoms with E-state index in [4.69, 9.17) is 0 Å².